The summed E-state index contributed by atoms with van der Waals surface area (Å²) in [6, 6.07) is 9.58. The number of amides is 1. The molecule has 4 aromatic rings. The highest BCUT2D eigenvalue weighted by molar-refractivity contribution is 5.98. The summed E-state index contributed by atoms with van der Waals surface area (Å²) in [6.45, 7) is 5.78. The van der Waals surface area contributed by atoms with E-state index in [0.29, 0.717) is 42.4 Å². The van der Waals surface area contributed by atoms with Gasteiger partial charge in [0.15, 0.2) is 11.5 Å². The summed E-state index contributed by atoms with van der Waals surface area (Å²) in [5, 5.41) is 8.54. The quantitative estimate of drug-likeness (QED) is 0.361. The topological polar surface area (TPSA) is 96.5 Å². The number of imidazole rings is 1. The number of carbonyl (C=O) groups excluding carboxylic acids is 1. The molecule has 0 radical (unpaired) electrons. The van der Waals surface area contributed by atoms with Gasteiger partial charge in [0.05, 0.1) is 61.0 Å². The monoisotopic (exact) mass is 504 g/mol. The Morgan fingerprint density at radius 3 is 2.49 bits per heavy atom. The summed E-state index contributed by atoms with van der Waals surface area (Å²) in [5.41, 5.74) is 3.25. The Labute approximate surface area is 215 Å². The van der Waals surface area contributed by atoms with Gasteiger partial charge in [0.1, 0.15) is 5.82 Å². The first kappa shape index (κ1) is 24.8. The standard InChI is InChI=1S/C27H32N6O4/c1-18-7-8-21(33-28-10-11-29-33)19(15-18)25(34)32-12-6-9-27(32,2)26-30-20-16-23(36-4)24(37-5)17-22(20)31(26)13-14-35-3/h7-8,10-11,15-17H,6,9,12-14H2,1-5H3/t27-/m0/s1. The van der Waals surface area contributed by atoms with Crippen LogP contribution in [0.25, 0.3) is 16.7 Å². The van der Waals surface area contributed by atoms with Crippen molar-refractivity contribution in [2.24, 2.45) is 0 Å². The van der Waals surface area contributed by atoms with Crippen molar-refractivity contribution in [3.63, 3.8) is 0 Å². The molecule has 3 heterocycles. The molecule has 5 rings (SSSR count). The minimum Gasteiger partial charge on any atom is -0.493 e. The van der Waals surface area contributed by atoms with Crippen LogP contribution in [0.3, 0.4) is 0 Å². The molecule has 0 bridgehead atoms. The van der Waals surface area contributed by atoms with Crippen LogP contribution in [-0.4, -0.2) is 69.8 Å². The number of rotatable bonds is 8. The lowest BCUT2D eigenvalue weighted by Gasteiger charge is -2.35. The highest BCUT2D eigenvalue weighted by Crippen LogP contribution is 2.42. The fourth-order valence-corrected chi connectivity index (χ4v) is 5.27. The molecule has 1 amide bonds. The van der Waals surface area contributed by atoms with Crippen LogP contribution in [0.5, 0.6) is 11.5 Å². The van der Waals surface area contributed by atoms with Crippen LogP contribution in [-0.2, 0) is 16.8 Å². The lowest BCUT2D eigenvalue weighted by atomic mass is 9.96. The van der Waals surface area contributed by atoms with Crippen LogP contribution in [0.4, 0.5) is 0 Å². The van der Waals surface area contributed by atoms with Gasteiger partial charge in [0, 0.05) is 32.3 Å². The number of ether oxygens (including phenoxy) is 3. The Bertz CT molecular complexity index is 1430. The van der Waals surface area contributed by atoms with E-state index in [9.17, 15) is 4.79 Å². The van der Waals surface area contributed by atoms with E-state index in [0.717, 1.165) is 35.3 Å². The second-order valence-corrected chi connectivity index (χ2v) is 9.45. The van der Waals surface area contributed by atoms with Crippen LogP contribution in [0, 0.1) is 6.92 Å². The Morgan fingerprint density at radius 1 is 1.05 bits per heavy atom. The zero-order chi connectivity index (χ0) is 26.2. The molecule has 1 fully saturated rings. The number of aryl methyl sites for hydroxylation is 1. The highest BCUT2D eigenvalue weighted by atomic mass is 16.5. The van der Waals surface area contributed by atoms with Crippen molar-refractivity contribution in [3.8, 4) is 17.2 Å². The first-order chi connectivity index (χ1) is 17.9. The fraction of sp³-hybridized carbons (Fsp3) is 0.407. The number of benzene rings is 2. The number of hydrogen-bond donors (Lipinski definition) is 0. The van der Waals surface area contributed by atoms with Crippen molar-refractivity contribution >= 4 is 16.9 Å². The summed E-state index contributed by atoms with van der Waals surface area (Å²) >= 11 is 0. The molecule has 1 aliphatic rings. The smallest absolute Gasteiger partial charge is 0.256 e. The van der Waals surface area contributed by atoms with Crippen LogP contribution < -0.4 is 9.47 Å². The Balaban J connectivity index is 1.64. The van der Waals surface area contributed by atoms with E-state index in [1.807, 2.05) is 42.2 Å². The van der Waals surface area contributed by atoms with E-state index >= 15 is 0 Å². The summed E-state index contributed by atoms with van der Waals surface area (Å²) in [4.78, 5) is 22.7. The average molecular weight is 505 g/mol. The molecule has 0 spiro atoms. The molecule has 1 aliphatic heterocycles. The number of methoxy groups -OCH3 is 3. The van der Waals surface area contributed by atoms with E-state index in [-0.39, 0.29) is 5.91 Å². The van der Waals surface area contributed by atoms with Gasteiger partial charge in [-0.3, -0.25) is 4.79 Å². The first-order valence-corrected chi connectivity index (χ1v) is 12.3. The average Bonchev–Trinajstić information content (AvgIpc) is 3.65. The zero-order valence-corrected chi connectivity index (χ0v) is 21.9. The molecular weight excluding hydrogens is 472 g/mol. The SMILES string of the molecule is COCCn1c([C@]2(C)CCCN2C(=O)c2cc(C)ccc2-n2nccn2)nc2cc(OC)c(OC)cc21. The van der Waals surface area contributed by atoms with Gasteiger partial charge in [0.25, 0.3) is 5.91 Å². The van der Waals surface area contributed by atoms with Crippen molar-refractivity contribution in [2.75, 3.05) is 34.5 Å². The molecule has 194 valence electrons. The van der Waals surface area contributed by atoms with E-state index < -0.39 is 5.54 Å². The largest absolute Gasteiger partial charge is 0.493 e. The van der Waals surface area contributed by atoms with Crippen LogP contribution in [0.1, 0.15) is 41.5 Å². The maximum Gasteiger partial charge on any atom is 0.256 e. The van der Waals surface area contributed by atoms with Crippen molar-refractivity contribution < 1.29 is 19.0 Å². The number of hydrogen-bond acceptors (Lipinski definition) is 7. The molecule has 1 saturated heterocycles. The second-order valence-electron chi connectivity index (χ2n) is 9.45. The predicted octanol–water partition coefficient (Wildman–Crippen LogP) is 3.74. The molecular formula is C27H32N6O4. The van der Waals surface area contributed by atoms with Gasteiger partial charge < -0.3 is 23.7 Å². The molecule has 10 heteroatoms. The maximum absolute atomic E-state index is 14.2. The highest BCUT2D eigenvalue weighted by Gasteiger charge is 2.45. The van der Waals surface area contributed by atoms with E-state index in [4.69, 9.17) is 19.2 Å². The predicted molar refractivity (Wildman–Crippen MR) is 138 cm³/mol. The number of fused-ring (bicyclic) bond motifs is 1. The van der Waals surface area contributed by atoms with Crippen LogP contribution >= 0.6 is 0 Å². The van der Waals surface area contributed by atoms with Crippen molar-refractivity contribution in [2.45, 2.75) is 38.8 Å². The Kier molecular flexibility index (Phi) is 6.59. The normalized spacial score (nSPS) is 17.5. The maximum atomic E-state index is 14.2. The van der Waals surface area contributed by atoms with Crippen molar-refractivity contribution in [1.29, 1.82) is 0 Å². The minimum absolute atomic E-state index is 0.0727. The van der Waals surface area contributed by atoms with Gasteiger partial charge in [-0.1, -0.05) is 11.6 Å². The minimum atomic E-state index is -0.636. The third-order valence-corrected chi connectivity index (χ3v) is 7.16. The van der Waals surface area contributed by atoms with Crippen molar-refractivity contribution in [3.05, 3.63) is 59.7 Å². The molecule has 0 aliphatic carbocycles. The van der Waals surface area contributed by atoms with Gasteiger partial charge in [-0.15, -0.1) is 0 Å². The van der Waals surface area contributed by atoms with E-state index in [1.165, 1.54) is 4.80 Å². The first-order valence-electron chi connectivity index (χ1n) is 12.3. The zero-order valence-electron chi connectivity index (χ0n) is 21.9. The van der Waals surface area contributed by atoms with Gasteiger partial charge in [0.2, 0.25) is 0 Å². The van der Waals surface area contributed by atoms with Gasteiger partial charge in [-0.2, -0.15) is 15.0 Å². The fourth-order valence-electron chi connectivity index (χ4n) is 5.27. The number of carbonyl (C=O) groups is 1. The second kappa shape index (κ2) is 9.85. The number of likely N-dealkylation sites (tertiary alicyclic amines) is 1. The van der Waals surface area contributed by atoms with Crippen LogP contribution in [0.2, 0.25) is 0 Å². The third-order valence-electron chi connectivity index (χ3n) is 7.16. The molecule has 0 saturated carbocycles. The van der Waals surface area contributed by atoms with Gasteiger partial charge >= 0.3 is 0 Å². The summed E-state index contributed by atoms with van der Waals surface area (Å²) in [6.07, 6.45) is 4.86. The molecule has 1 atom stereocenters. The third kappa shape index (κ3) is 4.21. The van der Waals surface area contributed by atoms with Gasteiger partial charge in [-0.25, -0.2) is 4.98 Å². The number of aromatic nitrogens is 5. The van der Waals surface area contributed by atoms with Crippen molar-refractivity contribution in [1.82, 2.24) is 29.4 Å². The molecule has 0 unspecified atom stereocenters. The molecule has 2 aromatic heterocycles. The van der Waals surface area contributed by atoms with E-state index in [1.54, 1.807) is 33.7 Å². The molecule has 37 heavy (non-hydrogen) atoms. The summed E-state index contributed by atoms with van der Waals surface area (Å²) < 4.78 is 18.7. The van der Waals surface area contributed by atoms with Crippen LogP contribution in [0.15, 0.2) is 42.7 Å². The molecule has 0 N–H and O–H groups in total. The van der Waals surface area contributed by atoms with Gasteiger partial charge in [-0.05, 0) is 38.8 Å². The molecule has 10 nitrogen and oxygen atoms in total. The summed E-state index contributed by atoms with van der Waals surface area (Å²) in [5.74, 6) is 1.97. The summed E-state index contributed by atoms with van der Waals surface area (Å²) in [7, 11) is 4.91. The Morgan fingerprint density at radius 2 is 1.78 bits per heavy atom. The number of nitrogens with zero attached hydrogens (tertiary/aromatic N) is 6. The van der Waals surface area contributed by atoms with E-state index in [2.05, 4.69) is 21.7 Å². The lowest BCUT2D eigenvalue weighted by Crippen LogP contribution is -2.45. The Hall–Kier alpha value is -3.92. The lowest BCUT2D eigenvalue weighted by molar-refractivity contribution is 0.0595. The molecule has 2 aromatic carbocycles.